The maximum Gasteiger partial charge on any atom is 0.305 e. The van der Waals surface area contributed by atoms with E-state index in [4.69, 9.17) is 4.74 Å². The van der Waals surface area contributed by atoms with E-state index in [1.54, 1.807) is 0 Å². The molecule has 0 aromatic heterocycles. The summed E-state index contributed by atoms with van der Waals surface area (Å²) in [5.41, 5.74) is -0.429. The fourth-order valence-corrected chi connectivity index (χ4v) is 3.24. The first-order chi connectivity index (χ1) is 9.19. The van der Waals surface area contributed by atoms with Gasteiger partial charge in [0.1, 0.15) is 0 Å². The maximum absolute atomic E-state index is 11.6. The van der Waals surface area contributed by atoms with Crippen LogP contribution >= 0.6 is 0 Å². The van der Waals surface area contributed by atoms with Gasteiger partial charge in [-0.3, -0.25) is 4.79 Å². The molecule has 0 unspecified atom stereocenters. The van der Waals surface area contributed by atoms with E-state index in [2.05, 4.69) is 20.8 Å². The molecule has 1 saturated carbocycles. The van der Waals surface area contributed by atoms with Crippen molar-refractivity contribution in [3.05, 3.63) is 0 Å². The van der Waals surface area contributed by atoms with E-state index in [0.29, 0.717) is 17.8 Å². The van der Waals surface area contributed by atoms with Gasteiger partial charge in [0, 0.05) is 0 Å². The molecule has 0 amide bonds. The van der Waals surface area contributed by atoms with Crippen LogP contribution in [-0.2, 0) is 9.53 Å². The van der Waals surface area contributed by atoms with Gasteiger partial charge in [-0.2, -0.15) is 0 Å². The zero-order valence-corrected chi connectivity index (χ0v) is 13.9. The summed E-state index contributed by atoms with van der Waals surface area (Å²) in [5.74, 6) is 0.398. The number of hydrogen-bond donors (Lipinski definition) is 1. The van der Waals surface area contributed by atoms with Crippen LogP contribution in [0.25, 0.3) is 0 Å². The van der Waals surface area contributed by atoms with Crippen LogP contribution in [0, 0.1) is 17.3 Å². The van der Waals surface area contributed by atoms with Gasteiger partial charge in [0.05, 0.1) is 19.1 Å². The SMILES string of the molecule is COC(=O)C[C@H]1CCCCC(C)(C)[C@H](C)CC[C@]1(C)O. The molecule has 0 heterocycles. The lowest BCUT2D eigenvalue weighted by Gasteiger charge is -2.39. The Hall–Kier alpha value is -0.570. The lowest BCUT2D eigenvalue weighted by Crippen LogP contribution is -2.38. The number of rotatable bonds is 2. The van der Waals surface area contributed by atoms with Crippen molar-refractivity contribution < 1.29 is 14.6 Å². The van der Waals surface area contributed by atoms with Crippen molar-refractivity contribution in [2.24, 2.45) is 17.3 Å². The van der Waals surface area contributed by atoms with Crippen molar-refractivity contribution in [3.63, 3.8) is 0 Å². The average Bonchev–Trinajstić information content (AvgIpc) is 2.38. The Bertz CT molecular complexity index is 320. The first kappa shape index (κ1) is 17.5. The fourth-order valence-electron chi connectivity index (χ4n) is 3.24. The lowest BCUT2D eigenvalue weighted by atomic mass is 9.69. The van der Waals surface area contributed by atoms with E-state index < -0.39 is 5.60 Å². The largest absolute Gasteiger partial charge is 0.469 e. The molecule has 0 radical (unpaired) electrons. The van der Waals surface area contributed by atoms with Gasteiger partial charge in [0.25, 0.3) is 0 Å². The minimum Gasteiger partial charge on any atom is -0.469 e. The summed E-state index contributed by atoms with van der Waals surface area (Å²) >= 11 is 0. The van der Waals surface area contributed by atoms with Gasteiger partial charge in [-0.25, -0.2) is 0 Å². The van der Waals surface area contributed by atoms with Gasteiger partial charge in [-0.15, -0.1) is 0 Å². The molecule has 118 valence electrons. The van der Waals surface area contributed by atoms with Gasteiger partial charge in [0.2, 0.25) is 0 Å². The van der Waals surface area contributed by atoms with Crippen molar-refractivity contribution in [2.75, 3.05) is 7.11 Å². The Balaban J connectivity index is 2.77. The number of ether oxygens (including phenoxy) is 1. The van der Waals surface area contributed by atoms with Crippen molar-refractivity contribution >= 4 is 5.97 Å². The number of esters is 1. The summed E-state index contributed by atoms with van der Waals surface area (Å²) in [7, 11) is 1.42. The van der Waals surface area contributed by atoms with Crippen molar-refractivity contribution in [1.29, 1.82) is 0 Å². The Kier molecular flexibility index (Phi) is 6.06. The van der Waals surface area contributed by atoms with Crippen LogP contribution in [0.1, 0.15) is 72.6 Å². The number of aliphatic hydroxyl groups is 1. The highest BCUT2D eigenvalue weighted by molar-refractivity contribution is 5.69. The van der Waals surface area contributed by atoms with Crippen LogP contribution in [-0.4, -0.2) is 23.8 Å². The lowest BCUT2D eigenvalue weighted by molar-refractivity contribution is -0.145. The molecule has 3 heteroatoms. The minimum absolute atomic E-state index is 0.0170. The monoisotopic (exact) mass is 284 g/mol. The number of methoxy groups -OCH3 is 1. The van der Waals surface area contributed by atoms with E-state index in [0.717, 1.165) is 25.7 Å². The summed E-state index contributed by atoms with van der Waals surface area (Å²) in [6, 6.07) is 0. The molecule has 1 fully saturated rings. The molecule has 1 aliphatic carbocycles. The van der Waals surface area contributed by atoms with Crippen molar-refractivity contribution in [1.82, 2.24) is 0 Å². The van der Waals surface area contributed by atoms with Crippen LogP contribution in [0.3, 0.4) is 0 Å². The van der Waals surface area contributed by atoms with Crippen molar-refractivity contribution in [3.8, 4) is 0 Å². The molecule has 20 heavy (non-hydrogen) atoms. The Labute approximate surface area is 124 Å². The zero-order chi connectivity index (χ0) is 15.4. The highest BCUT2D eigenvalue weighted by Gasteiger charge is 2.36. The van der Waals surface area contributed by atoms with Gasteiger partial charge in [-0.05, 0) is 49.9 Å². The molecular weight excluding hydrogens is 252 g/mol. The van der Waals surface area contributed by atoms with Gasteiger partial charge >= 0.3 is 5.97 Å². The predicted octanol–water partition coefficient (Wildman–Crippen LogP) is 3.93. The van der Waals surface area contributed by atoms with E-state index in [1.165, 1.54) is 20.0 Å². The third-order valence-corrected chi connectivity index (χ3v) is 5.56. The molecule has 0 spiro atoms. The van der Waals surface area contributed by atoms with Crippen LogP contribution in [0.4, 0.5) is 0 Å². The smallest absolute Gasteiger partial charge is 0.305 e. The average molecular weight is 284 g/mol. The van der Waals surface area contributed by atoms with E-state index in [-0.39, 0.29) is 11.9 Å². The van der Waals surface area contributed by atoms with E-state index >= 15 is 0 Å². The summed E-state index contributed by atoms with van der Waals surface area (Å²) in [6.45, 7) is 8.84. The molecule has 1 aliphatic rings. The second kappa shape index (κ2) is 6.93. The van der Waals surface area contributed by atoms with E-state index in [9.17, 15) is 9.90 Å². The molecule has 0 aliphatic heterocycles. The fraction of sp³-hybridized carbons (Fsp3) is 0.941. The maximum atomic E-state index is 11.6. The quantitative estimate of drug-likeness (QED) is 0.781. The first-order valence-electron chi connectivity index (χ1n) is 7.98. The second-order valence-corrected chi connectivity index (χ2v) is 7.51. The standard InChI is InChI=1S/C17H32O3/c1-13-9-11-17(4,19)14(12-15(18)20-5)8-6-7-10-16(13,2)3/h13-14,19H,6-12H2,1-5H3/t13-,14-,17+/m1/s1. The van der Waals surface area contributed by atoms with Crippen LogP contribution in [0.15, 0.2) is 0 Å². The van der Waals surface area contributed by atoms with Crippen LogP contribution in [0.2, 0.25) is 0 Å². The number of carbonyl (C=O) groups is 1. The van der Waals surface area contributed by atoms with Crippen LogP contribution in [0.5, 0.6) is 0 Å². The number of hydrogen-bond acceptors (Lipinski definition) is 3. The Morgan fingerprint density at radius 1 is 1.20 bits per heavy atom. The third kappa shape index (κ3) is 4.76. The predicted molar refractivity (Wildman–Crippen MR) is 81.4 cm³/mol. The Morgan fingerprint density at radius 2 is 1.85 bits per heavy atom. The Morgan fingerprint density at radius 3 is 2.45 bits per heavy atom. The summed E-state index contributed by atoms with van der Waals surface area (Å²) in [5, 5.41) is 10.8. The van der Waals surface area contributed by atoms with Crippen molar-refractivity contribution in [2.45, 2.75) is 78.2 Å². The second-order valence-electron chi connectivity index (χ2n) is 7.51. The summed E-state index contributed by atoms with van der Waals surface area (Å²) in [4.78, 5) is 11.6. The normalized spacial score (nSPS) is 35.3. The molecule has 3 atom stereocenters. The van der Waals surface area contributed by atoms with Gasteiger partial charge in [-0.1, -0.05) is 33.6 Å². The minimum atomic E-state index is -0.768. The van der Waals surface area contributed by atoms with Gasteiger partial charge < -0.3 is 9.84 Å². The molecule has 0 bridgehead atoms. The highest BCUT2D eigenvalue weighted by atomic mass is 16.5. The van der Waals surface area contributed by atoms with Gasteiger partial charge in [0.15, 0.2) is 0 Å². The van der Waals surface area contributed by atoms with Crippen LogP contribution < -0.4 is 0 Å². The summed E-state index contributed by atoms with van der Waals surface area (Å²) in [6.07, 6.45) is 6.49. The third-order valence-electron chi connectivity index (χ3n) is 5.56. The molecule has 1 rings (SSSR count). The highest BCUT2D eigenvalue weighted by Crippen LogP contribution is 2.40. The summed E-state index contributed by atoms with van der Waals surface area (Å²) < 4.78 is 4.78. The zero-order valence-electron chi connectivity index (χ0n) is 13.9. The number of carbonyl (C=O) groups excluding carboxylic acids is 1. The first-order valence-corrected chi connectivity index (χ1v) is 7.98. The molecule has 0 saturated heterocycles. The molecule has 0 aromatic rings. The van der Waals surface area contributed by atoms with E-state index in [1.807, 2.05) is 6.92 Å². The molecule has 1 N–H and O–H groups in total. The molecule has 0 aromatic carbocycles. The molecular formula is C17H32O3. The topological polar surface area (TPSA) is 46.5 Å². The molecule has 3 nitrogen and oxygen atoms in total.